The molecule has 0 radical (unpaired) electrons. The van der Waals surface area contributed by atoms with E-state index in [0.717, 1.165) is 12.5 Å². The van der Waals surface area contributed by atoms with Gasteiger partial charge in [-0.1, -0.05) is 12.8 Å². The molecule has 0 aromatic carbocycles. The van der Waals surface area contributed by atoms with Crippen LogP contribution < -0.4 is 10.6 Å². The van der Waals surface area contributed by atoms with Crippen molar-refractivity contribution in [2.75, 3.05) is 25.6 Å². The Balaban J connectivity index is 2.07. The minimum Gasteiger partial charge on any atom is -0.356 e. The Bertz CT molecular complexity index is 200. The van der Waals surface area contributed by atoms with Crippen molar-refractivity contribution in [3.8, 4) is 0 Å². The fourth-order valence-corrected chi connectivity index (χ4v) is 2.53. The molecule has 1 fully saturated rings. The Morgan fingerprint density at radius 2 is 2.06 bits per heavy atom. The van der Waals surface area contributed by atoms with Crippen LogP contribution in [0, 0.1) is 0 Å². The maximum absolute atomic E-state index is 4.26. The van der Waals surface area contributed by atoms with Crippen molar-refractivity contribution in [1.29, 1.82) is 0 Å². The molecular formula is C12H25N3S. The summed E-state index contributed by atoms with van der Waals surface area (Å²) in [5.41, 5.74) is 0. The zero-order chi connectivity index (χ0) is 11.6. The highest BCUT2D eigenvalue weighted by Gasteiger charge is 2.15. The zero-order valence-electron chi connectivity index (χ0n) is 10.6. The normalized spacial score (nSPS) is 17.8. The van der Waals surface area contributed by atoms with Gasteiger partial charge in [-0.2, -0.15) is 11.8 Å². The summed E-state index contributed by atoms with van der Waals surface area (Å²) in [6, 6.07) is 0.650. The van der Waals surface area contributed by atoms with Crippen LogP contribution in [0.25, 0.3) is 0 Å². The molecule has 0 spiro atoms. The lowest BCUT2D eigenvalue weighted by Crippen LogP contribution is -2.42. The fraction of sp³-hybridized carbons (Fsp3) is 0.917. The van der Waals surface area contributed by atoms with E-state index >= 15 is 0 Å². The number of nitrogens with zero attached hydrogens (tertiary/aromatic N) is 1. The van der Waals surface area contributed by atoms with Crippen LogP contribution in [-0.4, -0.2) is 37.6 Å². The molecule has 0 bridgehead atoms. The summed E-state index contributed by atoms with van der Waals surface area (Å²) in [5.74, 6) is 2.24. The lowest BCUT2D eigenvalue weighted by molar-refractivity contribution is 0.610. The maximum atomic E-state index is 4.26. The first-order chi connectivity index (χ1) is 7.86. The van der Waals surface area contributed by atoms with Gasteiger partial charge in [-0.3, -0.25) is 4.99 Å². The van der Waals surface area contributed by atoms with E-state index in [1.54, 1.807) is 0 Å². The summed E-state index contributed by atoms with van der Waals surface area (Å²) in [5, 5.41) is 6.88. The van der Waals surface area contributed by atoms with Gasteiger partial charge in [-0.25, -0.2) is 0 Å². The summed E-state index contributed by atoms with van der Waals surface area (Å²) >= 11 is 1.92. The summed E-state index contributed by atoms with van der Waals surface area (Å²) in [6.07, 6.45) is 10.00. The molecule has 0 atom stereocenters. The number of aliphatic imine (C=N–C) groups is 1. The summed E-state index contributed by atoms with van der Waals surface area (Å²) in [7, 11) is 1.85. The van der Waals surface area contributed by atoms with Crippen LogP contribution >= 0.6 is 11.8 Å². The third-order valence-electron chi connectivity index (χ3n) is 2.99. The van der Waals surface area contributed by atoms with E-state index in [2.05, 4.69) is 21.9 Å². The van der Waals surface area contributed by atoms with Gasteiger partial charge in [-0.15, -0.1) is 0 Å². The lowest BCUT2D eigenvalue weighted by atomic mass is 10.2. The van der Waals surface area contributed by atoms with Gasteiger partial charge in [0.05, 0.1) is 0 Å². The van der Waals surface area contributed by atoms with Crippen LogP contribution in [0.2, 0.25) is 0 Å². The van der Waals surface area contributed by atoms with Crippen LogP contribution in [0.5, 0.6) is 0 Å². The molecule has 0 saturated heterocycles. The van der Waals surface area contributed by atoms with Crippen molar-refractivity contribution < 1.29 is 0 Å². The molecule has 2 N–H and O–H groups in total. The second-order valence-electron chi connectivity index (χ2n) is 4.32. The molecule has 0 unspecified atom stereocenters. The molecule has 0 aromatic heterocycles. The van der Waals surface area contributed by atoms with E-state index in [1.165, 1.54) is 44.3 Å². The molecule has 1 aliphatic carbocycles. The van der Waals surface area contributed by atoms with E-state index in [9.17, 15) is 0 Å². The van der Waals surface area contributed by atoms with Gasteiger partial charge in [0.15, 0.2) is 5.96 Å². The van der Waals surface area contributed by atoms with Crippen molar-refractivity contribution in [2.24, 2.45) is 4.99 Å². The largest absolute Gasteiger partial charge is 0.356 e. The van der Waals surface area contributed by atoms with Crippen molar-refractivity contribution >= 4 is 17.7 Å². The first-order valence-electron chi connectivity index (χ1n) is 6.33. The highest BCUT2D eigenvalue weighted by molar-refractivity contribution is 7.98. The molecular weight excluding hydrogens is 218 g/mol. The second kappa shape index (κ2) is 8.74. The summed E-state index contributed by atoms with van der Waals surface area (Å²) < 4.78 is 0. The first-order valence-corrected chi connectivity index (χ1v) is 7.72. The van der Waals surface area contributed by atoms with Gasteiger partial charge in [0.25, 0.3) is 0 Å². The molecule has 3 nitrogen and oxygen atoms in total. The predicted octanol–water partition coefficient (Wildman–Crippen LogP) is 2.24. The number of hydrogen-bond donors (Lipinski definition) is 2. The molecule has 0 heterocycles. The van der Waals surface area contributed by atoms with Gasteiger partial charge in [-0.05, 0) is 37.7 Å². The average Bonchev–Trinajstić information content (AvgIpc) is 2.80. The van der Waals surface area contributed by atoms with Gasteiger partial charge >= 0.3 is 0 Å². The summed E-state index contributed by atoms with van der Waals surface area (Å²) in [4.78, 5) is 4.26. The van der Waals surface area contributed by atoms with Gasteiger partial charge in [0.2, 0.25) is 0 Å². The fourth-order valence-electron chi connectivity index (χ4n) is 2.04. The standard InChI is InChI=1S/C12H25N3S/c1-13-12(14-9-5-6-10-16-2)15-11-7-3-4-8-11/h11H,3-10H2,1-2H3,(H2,13,14,15). The molecule has 0 amide bonds. The quantitative estimate of drug-likeness (QED) is 0.427. The zero-order valence-corrected chi connectivity index (χ0v) is 11.4. The van der Waals surface area contributed by atoms with Crippen LogP contribution in [0.3, 0.4) is 0 Å². The minimum atomic E-state index is 0.650. The van der Waals surface area contributed by atoms with Crippen molar-refractivity contribution in [3.05, 3.63) is 0 Å². The van der Waals surface area contributed by atoms with Gasteiger partial charge < -0.3 is 10.6 Å². The van der Waals surface area contributed by atoms with Gasteiger partial charge in [0.1, 0.15) is 0 Å². The Morgan fingerprint density at radius 3 is 2.69 bits per heavy atom. The number of unbranched alkanes of at least 4 members (excludes halogenated alkanes) is 1. The number of guanidine groups is 1. The van der Waals surface area contributed by atoms with E-state index in [1.807, 2.05) is 18.8 Å². The SMILES string of the molecule is CN=C(NCCCCSC)NC1CCCC1. The third kappa shape index (κ3) is 5.64. The van der Waals surface area contributed by atoms with Crippen LogP contribution in [0.4, 0.5) is 0 Å². The van der Waals surface area contributed by atoms with Gasteiger partial charge in [0, 0.05) is 19.6 Å². The topological polar surface area (TPSA) is 36.4 Å². The number of thioether (sulfide) groups is 1. The minimum absolute atomic E-state index is 0.650. The smallest absolute Gasteiger partial charge is 0.191 e. The number of rotatable bonds is 6. The molecule has 94 valence electrons. The molecule has 4 heteroatoms. The third-order valence-corrected chi connectivity index (χ3v) is 3.68. The molecule has 16 heavy (non-hydrogen) atoms. The molecule has 1 saturated carbocycles. The summed E-state index contributed by atoms with van der Waals surface area (Å²) in [6.45, 7) is 1.03. The molecule has 1 rings (SSSR count). The molecule has 0 aromatic rings. The Hall–Kier alpha value is -0.380. The predicted molar refractivity (Wildman–Crippen MR) is 74.4 cm³/mol. The van der Waals surface area contributed by atoms with E-state index < -0.39 is 0 Å². The van der Waals surface area contributed by atoms with E-state index in [-0.39, 0.29) is 0 Å². The second-order valence-corrected chi connectivity index (χ2v) is 5.31. The van der Waals surface area contributed by atoms with Crippen LogP contribution in [-0.2, 0) is 0 Å². The van der Waals surface area contributed by atoms with Crippen molar-refractivity contribution in [1.82, 2.24) is 10.6 Å². The average molecular weight is 243 g/mol. The van der Waals surface area contributed by atoms with E-state index in [4.69, 9.17) is 0 Å². The van der Waals surface area contributed by atoms with Crippen molar-refractivity contribution in [2.45, 2.75) is 44.6 Å². The monoisotopic (exact) mass is 243 g/mol. The Kier molecular flexibility index (Phi) is 7.47. The van der Waals surface area contributed by atoms with Crippen LogP contribution in [0.1, 0.15) is 38.5 Å². The van der Waals surface area contributed by atoms with E-state index in [0.29, 0.717) is 6.04 Å². The maximum Gasteiger partial charge on any atom is 0.191 e. The number of hydrogen-bond acceptors (Lipinski definition) is 2. The van der Waals surface area contributed by atoms with Crippen LogP contribution in [0.15, 0.2) is 4.99 Å². The van der Waals surface area contributed by atoms with Crippen molar-refractivity contribution in [3.63, 3.8) is 0 Å². The lowest BCUT2D eigenvalue weighted by Gasteiger charge is -2.16. The Morgan fingerprint density at radius 1 is 1.31 bits per heavy atom. The first kappa shape index (κ1) is 13.7. The Labute approximate surface area is 104 Å². The molecule has 1 aliphatic rings. The highest BCUT2D eigenvalue weighted by Crippen LogP contribution is 2.17. The number of nitrogens with one attached hydrogen (secondary N) is 2. The molecule has 0 aliphatic heterocycles. The highest BCUT2D eigenvalue weighted by atomic mass is 32.2.